The molecule has 0 saturated heterocycles. The van der Waals surface area contributed by atoms with Crippen LogP contribution in [0.15, 0.2) is 12.7 Å². The predicted molar refractivity (Wildman–Crippen MR) is 60.9 cm³/mol. The third kappa shape index (κ3) is 50.4. The summed E-state index contributed by atoms with van der Waals surface area (Å²) in [6, 6.07) is 0. The molecule has 3 heteroatoms. The molecule has 0 radical (unpaired) electrons. The Morgan fingerprint density at radius 1 is 1.38 bits per heavy atom. The van der Waals surface area contributed by atoms with Crippen LogP contribution >= 0.6 is 0 Å². The fourth-order valence-electron chi connectivity index (χ4n) is 0.371. The number of ether oxygens (including phenoxy) is 1. The van der Waals surface area contributed by atoms with Crippen molar-refractivity contribution < 1.29 is 11.3 Å². The van der Waals surface area contributed by atoms with E-state index in [1.165, 1.54) is 0 Å². The van der Waals surface area contributed by atoms with Crippen LogP contribution in [0.2, 0.25) is 0 Å². The fraction of sp³-hybridized carbons (Fsp3) is 0.800. The van der Waals surface area contributed by atoms with Gasteiger partial charge in [-0.3, -0.25) is 5.32 Å². The van der Waals surface area contributed by atoms with E-state index in [1.807, 2.05) is 27.7 Å². The molecule has 0 aromatic carbocycles. The van der Waals surface area contributed by atoms with Crippen LogP contribution in [0.5, 0.6) is 0 Å². The molecular formula is C10H27NO2. The van der Waals surface area contributed by atoms with Gasteiger partial charge in [0.1, 0.15) is 0 Å². The summed E-state index contributed by atoms with van der Waals surface area (Å²) >= 11 is 0. The highest BCUT2D eigenvalue weighted by molar-refractivity contribution is 4.67. The van der Waals surface area contributed by atoms with Crippen LogP contribution in [-0.2, 0) is 4.74 Å². The number of nitrogens with one attached hydrogen (secondary N) is 1. The van der Waals surface area contributed by atoms with Crippen LogP contribution in [0, 0.1) is 0 Å². The number of hydrogen-bond acceptors (Lipinski definition) is 3. The Bertz CT molecular complexity index is 71.1. The second-order valence-corrected chi connectivity index (χ2v) is 1.68. The molecule has 0 heterocycles. The van der Waals surface area contributed by atoms with Crippen molar-refractivity contribution in [3.05, 3.63) is 12.7 Å². The minimum Gasteiger partial charge on any atom is -0.382 e. The van der Waals surface area contributed by atoms with Crippen molar-refractivity contribution in [1.29, 1.82) is 0 Å². The molecule has 13 heavy (non-hydrogen) atoms. The first-order chi connectivity index (χ1) is 6.33. The summed E-state index contributed by atoms with van der Waals surface area (Å²) in [6.07, 6.45) is 1.69. The van der Waals surface area contributed by atoms with Gasteiger partial charge in [0.25, 0.3) is 0 Å². The lowest BCUT2D eigenvalue weighted by Gasteiger charge is -1.87. The zero-order valence-electron chi connectivity index (χ0n) is 9.47. The molecule has 0 atom stereocenters. The molecule has 3 nitrogen and oxygen atoms in total. The Labute approximate surface area is 84.3 Å². The number of aliphatic hydroxyl groups excluding tert-OH is 1. The van der Waals surface area contributed by atoms with Gasteiger partial charge in [0.2, 0.25) is 0 Å². The maximum atomic E-state index is 8.04. The Kier molecular flexibility index (Phi) is 42.4. The van der Waals surface area contributed by atoms with Crippen molar-refractivity contribution in [3.8, 4) is 0 Å². The van der Waals surface area contributed by atoms with E-state index in [1.54, 1.807) is 6.08 Å². The molecule has 2 N–H and O–H groups in total. The minimum atomic E-state index is 0. The van der Waals surface area contributed by atoms with Gasteiger partial charge in [-0.1, -0.05) is 19.9 Å². The summed E-state index contributed by atoms with van der Waals surface area (Å²) in [5.74, 6) is 0. The van der Waals surface area contributed by atoms with E-state index in [0.717, 1.165) is 13.2 Å². The lowest BCUT2D eigenvalue weighted by molar-refractivity contribution is 0.162. The molecule has 0 rings (SSSR count). The minimum absolute atomic E-state index is 0. The fourth-order valence-corrected chi connectivity index (χ4v) is 0.371. The van der Waals surface area contributed by atoms with Gasteiger partial charge in [-0.2, -0.15) is 0 Å². The first kappa shape index (κ1) is 18.4. The first-order valence-electron chi connectivity index (χ1n) is 4.83. The number of aliphatic hydroxyl groups is 1. The van der Waals surface area contributed by atoms with Crippen LogP contribution < -0.4 is 5.32 Å². The highest BCUT2D eigenvalue weighted by Crippen LogP contribution is 1.64. The zero-order valence-corrected chi connectivity index (χ0v) is 9.47. The molecule has 0 saturated carbocycles. The molecule has 0 amide bonds. The van der Waals surface area contributed by atoms with Gasteiger partial charge >= 0.3 is 0 Å². The zero-order chi connectivity index (χ0) is 10.9. The Balaban J connectivity index is -0.0000000576. The van der Waals surface area contributed by atoms with Crippen molar-refractivity contribution in [3.63, 3.8) is 0 Å². The standard InChI is InChI=1S/C4H9NO.C4H10O.C2H6.H2/c1-2-3-5-4-6;1-3-5-4-2;1-2;/h2,5-6H,1,3-4H2;3-4H2,1-2H3;1-2H3;1H. The molecule has 0 bridgehead atoms. The molecule has 0 aliphatic heterocycles. The topological polar surface area (TPSA) is 41.5 Å². The SMILES string of the molecule is C=CCNCO.CC.CCOCC.[HH]. The molecule has 0 aromatic rings. The predicted octanol–water partition coefficient (Wildman–Crippen LogP) is 2.03. The second kappa shape index (κ2) is 29.9. The monoisotopic (exact) mass is 193 g/mol. The molecule has 0 aliphatic carbocycles. The van der Waals surface area contributed by atoms with Crippen molar-refractivity contribution in [2.24, 2.45) is 0 Å². The highest BCUT2D eigenvalue weighted by Gasteiger charge is 1.67. The largest absolute Gasteiger partial charge is 0.382 e. The van der Waals surface area contributed by atoms with Crippen LogP contribution in [0.25, 0.3) is 0 Å². The second-order valence-electron chi connectivity index (χ2n) is 1.68. The smallest absolute Gasteiger partial charge is 0.0933 e. The van der Waals surface area contributed by atoms with E-state index in [9.17, 15) is 0 Å². The van der Waals surface area contributed by atoms with Crippen molar-refractivity contribution in [2.45, 2.75) is 27.7 Å². The summed E-state index contributed by atoms with van der Waals surface area (Å²) < 4.78 is 4.83. The Morgan fingerprint density at radius 3 is 1.92 bits per heavy atom. The van der Waals surface area contributed by atoms with Crippen molar-refractivity contribution in [2.75, 3.05) is 26.5 Å². The van der Waals surface area contributed by atoms with Gasteiger partial charge in [-0.15, -0.1) is 6.58 Å². The van der Waals surface area contributed by atoms with Crippen LogP contribution in [0.1, 0.15) is 29.1 Å². The van der Waals surface area contributed by atoms with Gasteiger partial charge in [0.15, 0.2) is 0 Å². The number of hydrogen-bond donors (Lipinski definition) is 2. The van der Waals surface area contributed by atoms with Crippen LogP contribution in [-0.4, -0.2) is 31.6 Å². The summed E-state index contributed by atoms with van der Waals surface area (Å²) in [5.41, 5.74) is 0. The quantitative estimate of drug-likeness (QED) is 0.399. The van der Waals surface area contributed by atoms with E-state index < -0.39 is 0 Å². The van der Waals surface area contributed by atoms with E-state index in [4.69, 9.17) is 9.84 Å². The van der Waals surface area contributed by atoms with Gasteiger partial charge in [0, 0.05) is 21.2 Å². The third-order valence-electron chi connectivity index (χ3n) is 0.809. The molecule has 84 valence electrons. The molecule has 0 unspecified atom stereocenters. The molecule has 0 spiro atoms. The average Bonchev–Trinajstić information content (AvgIpc) is 2.20. The highest BCUT2D eigenvalue weighted by atomic mass is 16.5. The van der Waals surface area contributed by atoms with E-state index in [2.05, 4.69) is 11.9 Å². The van der Waals surface area contributed by atoms with Gasteiger partial charge in [0.05, 0.1) is 6.73 Å². The maximum Gasteiger partial charge on any atom is 0.0933 e. The third-order valence-corrected chi connectivity index (χ3v) is 0.809. The average molecular weight is 193 g/mol. The van der Waals surface area contributed by atoms with Crippen molar-refractivity contribution >= 4 is 0 Å². The number of rotatable bonds is 5. The summed E-state index contributed by atoms with van der Waals surface area (Å²) in [6.45, 7) is 13.8. The van der Waals surface area contributed by atoms with Gasteiger partial charge < -0.3 is 9.84 Å². The van der Waals surface area contributed by atoms with Crippen molar-refractivity contribution in [1.82, 2.24) is 5.32 Å². The lowest BCUT2D eigenvalue weighted by atomic mass is 10.6. The summed E-state index contributed by atoms with van der Waals surface area (Å²) in [5, 5.41) is 10.7. The molecule has 0 aromatic heterocycles. The summed E-state index contributed by atoms with van der Waals surface area (Å²) in [7, 11) is 0. The molecule has 0 aliphatic rings. The van der Waals surface area contributed by atoms with E-state index in [-0.39, 0.29) is 8.16 Å². The van der Waals surface area contributed by atoms with Crippen LogP contribution in [0.4, 0.5) is 0 Å². The summed E-state index contributed by atoms with van der Waals surface area (Å²) in [4.78, 5) is 0. The first-order valence-corrected chi connectivity index (χ1v) is 4.83. The molecular weight excluding hydrogens is 166 g/mol. The maximum absolute atomic E-state index is 8.04. The van der Waals surface area contributed by atoms with Gasteiger partial charge in [-0.05, 0) is 13.8 Å². The molecule has 0 fully saturated rings. The Hall–Kier alpha value is -0.380. The normalized spacial score (nSPS) is 7.46. The van der Waals surface area contributed by atoms with E-state index in [0.29, 0.717) is 6.54 Å². The Morgan fingerprint density at radius 2 is 1.85 bits per heavy atom. The van der Waals surface area contributed by atoms with Crippen LogP contribution in [0.3, 0.4) is 0 Å². The van der Waals surface area contributed by atoms with Gasteiger partial charge in [-0.25, -0.2) is 0 Å². The lowest BCUT2D eigenvalue weighted by Crippen LogP contribution is -2.13. The van der Waals surface area contributed by atoms with E-state index >= 15 is 0 Å².